The molecule has 25 heteroatoms. The highest BCUT2D eigenvalue weighted by atomic mass is 32.2. The number of nitrogens with zero attached hydrogens (tertiary/aromatic N) is 4. The second-order valence-corrected chi connectivity index (χ2v) is 25.4. The van der Waals surface area contributed by atoms with Gasteiger partial charge in [-0.1, -0.05) is 73.2 Å². The minimum absolute atomic E-state index is 0.00293. The van der Waals surface area contributed by atoms with Gasteiger partial charge in [-0.2, -0.15) is 8.61 Å². The maximum absolute atomic E-state index is 14.0. The van der Waals surface area contributed by atoms with Crippen LogP contribution in [0.4, 0.5) is 17.1 Å². The summed E-state index contributed by atoms with van der Waals surface area (Å²) in [6.07, 6.45) is 6.10. The maximum atomic E-state index is 14.0. The minimum Gasteiger partial charge on any atom is -0.480 e. The normalized spacial score (nSPS) is 16.8. The molecule has 0 aromatic heterocycles. The smallest absolute Gasteiger partial charge is 0.326 e. The van der Waals surface area contributed by atoms with Gasteiger partial charge in [-0.3, -0.25) is 24.2 Å². The first kappa shape index (κ1) is 65.3. The number of anilines is 3. The summed E-state index contributed by atoms with van der Waals surface area (Å²) in [5, 5.41) is 45.4. The van der Waals surface area contributed by atoms with Gasteiger partial charge in [0.15, 0.2) is 5.96 Å². The number of nitrogens with one attached hydrogen (secondary N) is 7. The van der Waals surface area contributed by atoms with Gasteiger partial charge in [0.1, 0.15) is 24.2 Å². The first-order chi connectivity index (χ1) is 41.1. The zero-order valence-electron chi connectivity index (χ0n) is 48.6. The standard InChI is InChI=1S/C34H43N5O6S.C27H34N6O6S/c1-23(35)10-5-4-6-16-32(40)36-25-19-17-24(18-20-25)22-28(34(42)43)37-33(41)30-14-9-21-39(30)46(44,45)31-15-8-11-26-27(31)12-7-13-29(26)38(2)3;34-24(9-4-14-28-27-29-15-16-30-27)31-20-12-10-19(11-13-20)18-22(26(36)37)32-25(35)23-8-5-17-33(23)40(38,39)21-6-2-1-3-7-21/h7-8,11-13,15,17-20,28,30,35H,4-6,9-10,14,16,21-22H2,1-3H3,(H,36,40)(H,37,41)(H,42,43);1-3,6-7,10-13,22-23H,4-5,8-9,14-18H2,(H,31,34)(H,32,35)(H,36,37)(H2,28,29,30)/t28-,30?;22-,23-/m00/s1. The third-order valence-electron chi connectivity index (χ3n) is 14.9. The Balaban J connectivity index is 0.000000248. The van der Waals surface area contributed by atoms with Gasteiger partial charge < -0.3 is 52.4 Å². The van der Waals surface area contributed by atoms with Crippen molar-refractivity contribution in [2.75, 3.05) is 62.4 Å². The van der Waals surface area contributed by atoms with Gasteiger partial charge in [0, 0.05) is 99.5 Å². The van der Waals surface area contributed by atoms with Crippen LogP contribution in [0.25, 0.3) is 10.8 Å². The quantitative estimate of drug-likeness (QED) is 0.0224. The number of carbonyl (C=O) groups excluding carboxylic acids is 4. The molecule has 0 bridgehead atoms. The summed E-state index contributed by atoms with van der Waals surface area (Å²) in [7, 11) is -4.21. The van der Waals surface area contributed by atoms with Crippen LogP contribution in [0.15, 0.2) is 130 Å². The number of rotatable bonds is 27. The highest BCUT2D eigenvalue weighted by Crippen LogP contribution is 2.35. The summed E-state index contributed by atoms with van der Waals surface area (Å²) in [4.78, 5) is 81.5. The zero-order valence-corrected chi connectivity index (χ0v) is 50.2. The lowest BCUT2D eigenvalue weighted by molar-refractivity contribution is -0.142. The van der Waals surface area contributed by atoms with Gasteiger partial charge in [0.25, 0.3) is 0 Å². The van der Waals surface area contributed by atoms with Crippen molar-refractivity contribution in [3.8, 4) is 0 Å². The summed E-state index contributed by atoms with van der Waals surface area (Å²) in [6, 6.07) is 27.3. The summed E-state index contributed by atoms with van der Waals surface area (Å²) in [5.41, 5.74) is 3.94. The molecule has 3 heterocycles. The molecule has 1 unspecified atom stereocenters. The van der Waals surface area contributed by atoms with E-state index in [2.05, 4.69) is 36.9 Å². The molecular weight excluding hydrogens is 1140 g/mol. The number of carbonyl (C=O) groups is 6. The van der Waals surface area contributed by atoms with Crippen LogP contribution in [-0.4, -0.2) is 154 Å². The highest BCUT2D eigenvalue weighted by Gasteiger charge is 2.42. The fourth-order valence-corrected chi connectivity index (χ4v) is 14.0. The molecule has 2 fully saturated rings. The summed E-state index contributed by atoms with van der Waals surface area (Å²) in [6.45, 7) is 4.29. The first-order valence-electron chi connectivity index (χ1n) is 28.8. The van der Waals surface area contributed by atoms with Crippen molar-refractivity contribution in [3.05, 3.63) is 126 Å². The fraction of sp³-hybridized carbons (Fsp3) is 0.410. The van der Waals surface area contributed by atoms with Gasteiger partial charge >= 0.3 is 11.9 Å². The Morgan fingerprint density at radius 1 is 0.640 bits per heavy atom. The topological polar surface area (TPSA) is 329 Å². The van der Waals surface area contributed by atoms with E-state index in [1.54, 1.807) is 91.9 Å². The third kappa shape index (κ3) is 17.9. The van der Waals surface area contributed by atoms with E-state index in [0.717, 1.165) is 60.1 Å². The third-order valence-corrected chi connectivity index (χ3v) is 18.8. The number of sulfonamides is 2. The van der Waals surface area contributed by atoms with Gasteiger partial charge in [0.2, 0.25) is 43.7 Å². The van der Waals surface area contributed by atoms with Crippen LogP contribution in [0, 0.1) is 5.41 Å². The Morgan fingerprint density at radius 2 is 1.15 bits per heavy atom. The Kier molecular flexibility index (Phi) is 23.3. The van der Waals surface area contributed by atoms with Crippen LogP contribution in [0.3, 0.4) is 0 Å². The second kappa shape index (κ2) is 30.7. The number of hydrogen-bond acceptors (Lipinski definition) is 15. The number of fused-ring (bicyclic) bond motifs is 1. The SMILES string of the molecule is CC(=N)CCCCCC(=O)Nc1ccc(C[C@H](NC(=O)C2CCCN2S(=O)(=O)c2cccc3c(N(C)C)cccc23)C(=O)O)cc1.O=C(CCCNC1=NCCN1)Nc1ccc(C[C@H](NC(=O)[C@@H]2CCCN2S(=O)(=O)c2ccccc2)C(=O)O)cc1. The number of aliphatic carboxylic acids is 2. The molecule has 2 saturated heterocycles. The Bertz CT molecular complexity index is 3480. The van der Waals surface area contributed by atoms with Crippen molar-refractivity contribution in [1.82, 2.24) is 29.9 Å². The molecule has 4 amide bonds. The van der Waals surface area contributed by atoms with Crippen LogP contribution in [0.5, 0.6) is 0 Å². The van der Waals surface area contributed by atoms with Crippen LogP contribution >= 0.6 is 0 Å². The number of aliphatic imine (C=N–C) groups is 1. The number of amides is 4. The van der Waals surface area contributed by atoms with Crippen molar-refractivity contribution >= 4 is 95.1 Å². The fourth-order valence-electron chi connectivity index (χ4n) is 10.4. The predicted molar refractivity (Wildman–Crippen MR) is 329 cm³/mol. The Hall–Kier alpha value is -8.26. The summed E-state index contributed by atoms with van der Waals surface area (Å²) < 4.78 is 56.4. The monoisotopic (exact) mass is 1220 g/mol. The molecule has 23 nitrogen and oxygen atoms in total. The number of benzene rings is 5. The summed E-state index contributed by atoms with van der Waals surface area (Å²) in [5.74, 6) is -3.26. The molecule has 460 valence electrons. The molecule has 4 atom stereocenters. The van der Waals surface area contributed by atoms with Gasteiger partial charge in [-0.05, 0) is 118 Å². The Morgan fingerprint density at radius 3 is 1.66 bits per heavy atom. The number of guanidine groups is 1. The number of carboxylic acid groups (broad SMARTS) is 2. The van der Waals surface area contributed by atoms with E-state index in [9.17, 15) is 55.8 Å². The van der Waals surface area contributed by atoms with Crippen LogP contribution < -0.4 is 36.8 Å². The molecule has 5 aromatic carbocycles. The molecular formula is C61H77N11O12S2. The minimum atomic E-state index is -4.08. The van der Waals surface area contributed by atoms with E-state index in [1.165, 1.54) is 22.5 Å². The van der Waals surface area contributed by atoms with Gasteiger partial charge in [-0.25, -0.2) is 26.4 Å². The molecule has 0 spiro atoms. The van der Waals surface area contributed by atoms with Gasteiger partial charge in [0.05, 0.1) is 16.3 Å². The number of hydrogen-bond donors (Lipinski definition) is 9. The lowest BCUT2D eigenvalue weighted by Gasteiger charge is -2.26. The molecule has 5 aromatic rings. The molecule has 3 aliphatic rings. The zero-order chi connectivity index (χ0) is 62.0. The van der Waals surface area contributed by atoms with E-state index in [0.29, 0.717) is 78.7 Å². The average molecular weight is 1220 g/mol. The van der Waals surface area contributed by atoms with Crippen molar-refractivity contribution < 1.29 is 55.8 Å². The molecule has 3 aliphatic heterocycles. The number of unbranched alkanes of at least 4 members (excludes halogenated alkanes) is 2. The first-order valence-corrected chi connectivity index (χ1v) is 31.7. The van der Waals surface area contributed by atoms with E-state index in [-0.39, 0.29) is 54.0 Å². The van der Waals surface area contributed by atoms with Crippen LogP contribution in [-0.2, 0) is 61.7 Å². The van der Waals surface area contributed by atoms with Gasteiger partial charge in [-0.15, -0.1) is 0 Å². The highest BCUT2D eigenvalue weighted by molar-refractivity contribution is 7.89. The van der Waals surface area contributed by atoms with Crippen LogP contribution in [0.1, 0.15) is 88.7 Å². The second-order valence-electron chi connectivity index (χ2n) is 21.6. The molecule has 0 saturated carbocycles. The number of carboxylic acids is 2. The molecule has 0 radical (unpaired) electrons. The summed E-state index contributed by atoms with van der Waals surface area (Å²) >= 11 is 0. The maximum Gasteiger partial charge on any atom is 0.326 e. The predicted octanol–water partition coefficient (Wildman–Crippen LogP) is 5.72. The van der Waals surface area contributed by atoms with Crippen molar-refractivity contribution in [1.29, 1.82) is 5.41 Å². The Labute approximate surface area is 502 Å². The molecule has 0 aliphatic carbocycles. The largest absolute Gasteiger partial charge is 0.480 e. The van der Waals surface area contributed by atoms with Crippen molar-refractivity contribution in [3.63, 3.8) is 0 Å². The lowest BCUT2D eigenvalue weighted by Crippen LogP contribution is -2.51. The van der Waals surface area contributed by atoms with E-state index in [4.69, 9.17) is 5.41 Å². The lowest BCUT2D eigenvalue weighted by atomic mass is 10.0. The van der Waals surface area contributed by atoms with E-state index in [1.807, 2.05) is 31.1 Å². The van der Waals surface area contributed by atoms with E-state index < -0.39 is 68.0 Å². The van der Waals surface area contributed by atoms with Crippen molar-refractivity contribution in [2.24, 2.45) is 4.99 Å². The molecule has 86 heavy (non-hydrogen) atoms. The average Bonchev–Trinajstić information content (AvgIpc) is 2.03. The van der Waals surface area contributed by atoms with Crippen LogP contribution in [0.2, 0.25) is 0 Å². The van der Waals surface area contributed by atoms with E-state index >= 15 is 0 Å². The molecule has 8 rings (SSSR count). The molecule has 9 N–H and O–H groups in total. The van der Waals surface area contributed by atoms with Crippen molar-refractivity contribution in [2.45, 2.75) is 124 Å².